The molecule has 0 atom stereocenters. The molecule has 110 valence electrons. The highest BCUT2D eigenvalue weighted by atomic mass is 35.5. The van der Waals surface area contributed by atoms with Crippen LogP contribution < -0.4 is 15.5 Å². The fraction of sp³-hybridized carbons (Fsp3) is 0.133. The highest BCUT2D eigenvalue weighted by molar-refractivity contribution is 6.42. The maximum absolute atomic E-state index is 12.0. The van der Waals surface area contributed by atoms with Crippen LogP contribution in [-0.2, 0) is 0 Å². The number of benzene rings is 2. The summed E-state index contributed by atoms with van der Waals surface area (Å²) in [7, 11) is 3.83. The van der Waals surface area contributed by atoms with Crippen LogP contribution in [0.25, 0.3) is 0 Å². The molecule has 0 aromatic heterocycles. The molecule has 0 heterocycles. The fourth-order valence-corrected chi connectivity index (χ4v) is 2.13. The first-order valence-corrected chi connectivity index (χ1v) is 7.02. The molecule has 2 aromatic rings. The topological polar surface area (TPSA) is 44.4 Å². The van der Waals surface area contributed by atoms with Crippen molar-refractivity contribution in [3.63, 3.8) is 0 Å². The Balaban J connectivity index is 2.10. The third kappa shape index (κ3) is 4.03. The lowest BCUT2D eigenvalue weighted by Gasteiger charge is -2.18. The van der Waals surface area contributed by atoms with Gasteiger partial charge in [0.05, 0.1) is 21.4 Å². The molecule has 0 aliphatic heterocycles. The number of amides is 2. The molecule has 0 bridgehead atoms. The molecule has 0 radical (unpaired) electrons. The maximum atomic E-state index is 12.0. The molecule has 0 fully saturated rings. The quantitative estimate of drug-likeness (QED) is 0.859. The molecule has 0 aliphatic rings. The normalized spacial score (nSPS) is 10.1. The van der Waals surface area contributed by atoms with Crippen LogP contribution in [0.5, 0.6) is 0 Å². The summed E-state index contributed by atoms with van der Waals surface area (Å²) in [6.07, 6.45) is 0. The highest BCUT2D eigenvalue weighted by Gasteiger charge is 2.08. The van der Waals surface area contributed by atoms with Gasteiger partial charge >= 0.3 is 6.03 Å². The van der Waals surface area contributed by atoms with Gasteiger partial charge in [0, 0.05) is 19.8 Å². The number of nitrogens with one attached hydrogen (secondary N) is 2. The molecule has 21 heavy (non-hydrogen) atoms. The number of rotatable bonds is 3. The number of anilines is 3. The second-order valence-corrected chi connectivity index (χ2v) is 5.43. The van der Waals surface area contributed by atoms with E-state index in [0.717, 1.165) is 11.4 Å². The smallest absolute Gasteiger partial charge is 0.323 e. The molecule has 4 nitrogen and oxygen atoms in total. The van der Waals surface area contributed by atoms with Crippen LogP contribution in [-0.4, -0.2) is 20.1 Å². The van der Waals surface area contributed by atoms with Crippen molar-refractivity contribution >= 4 is 46.3 Å². The maximum Gasteiger partial charge on any atom is 0.323 e. The van der Waals surface area contributed by atoms with Crippen molar-refractivity contribution in [2.24, 2.45) is 0 Å². The van der Waals surface area contributed by atoms with Crippen LogP contribution in [0.3, 0.4) is 0 Å². The Morgan fingerprint density at radius 3 is 2.38 bits per heavy atom. The molecular weight excluding hydrogens is 309 g/mol. The molecule has 6 heteroatoms. The van der Waals surface area contributed by atoms with E-state index in [-0.39, 0.29) is 6.03 Å². The van der Waals surface area contributed by atoms with E-state index in [1.54, 1.807) is 18.2 Å². The van der Waals surface area contributed by atoms with E-state index in [0.29, 0.717) is 15.7 Å². The van der Waals surface area contributed by atoms with Crippen molar-refractivity contribution in [3.8, 4) is 0 Å². The SMILES string of the molecule is CN(C)c1ccccc1NC(=O)Nc1ccc(Cl)c(Cl)c1. The van der Waals surface area contributed by atoms with Crippen LogP contribution in [0, 0.1) is 0 Å². The van der Waals surface area contributed by atoms with Gasteiger partial charge in [0.15, 0.2) is 0 Å². The Kier molecular flexibility index (Phi) is 4.94. The summed E-state index contributed by atoms with van der Waals surface area (Å²) in [5.41, 5.74) is 2.21. The first kappa shape index (κ1) is 15.5. The molecule has 2 N–H and O–H groups in total. The monoisotopic (exact) mass is 323 g/mol. The van der Waals surface area contributed by atoms with Crippen LogP contribution in [0.2, 0.25) is 10.0 Å². The van der Waals surface area contributed by atoms with Gasteiger partial charge in [0.2, 0.25) is 0 Å². The number of para-hydroxylation sites is 2. The second kappa shape index (κ2) is 6.70. The molecule has 2 aromatic carbocycles. The Morgan fingerprint density at radius 2 is 1.71 bits per heavy atom. The lowest BCUT2D eigenvalue weighted by atomic mass is 10.2. The van der Waals surface area contributed by atoms with Crippen molar-refractivity contribution in [2.45, 2.75) is 0 Å². The Labute approximate surface area is 133 Å². The van der Waals surface area contributed by atoms with Crippen molar-refractivity contribution in [1.82, 2.24) is 0 Å². The van der Waals surface area contributed by atoms with Gasteiger partial charge in [-0.3, -0.25) is 0 Å². The number of urea groups is 1. The lowest BCUT2D eigenvalue weighted by molar-refractivity contribution is 0.262. The van der Waals surface area contributed by atoms with Crippen LogP contribution >= 0.6 is 23.2 Å². The van der Waals surface area contributed by atoms with Crippen LogP contribution in [0.1, 0.15) is 0 Å². The number of nitrogens with zero attached hydrogens (tertiary/aromatic N) is 1. The molecule has 0 saturated carbocycles. The van der Waals surface area contributed by atoms with Gasteiger partial charge in [0.1, 0.15) is 0 Å². The minimum atomic E-state index is -0.345. The number of carbonyl (C=O) groups is 1. The summed E-state index contributed by atoms with van der Waals surface area (Å²) in [6.45, 7) is 0. The molecular formula is C15H15Cl2N3O. The third-order valence-corrected chi connectivity index (χ3v) is 3.55. The van der Waals surface area contributed by atoms with E-state index >= 15 is 0 Å². The summed E-state index contributed by atoms with van der Waals surface area (Å²) in [5.74, 6) is 0. The molecule has 0 unspecified atom stereocenters. The average Bonchev–Trinajstić information content (AvgIpc) is 2.43. The van der Waals surface area contributed by atoms with E-state index < -0.39 is 0 Å². The van der Waals surface area contributed by atoms with Gasteiger partial charge in [-0.2, -0.15) is 0 Å². The first-order chi connectivity index (χ1) is 9.97. The molecule has 2 amide bonds. The zero-order valence-corrected chi connectivity index (χ0v) is 13.2. The van der Waals surface area contributed by atoms with E-state index in [2.05, 4.69) is 10.6 Å². The Hall–Kier alpha value is -1.91. The zero-order valence-electron chi connectivity index (χ0n) is 11.7. The summed E-state index contributed by atoms with van der Waals surface area (Å²) in [4.78, 5) is 14.0. The average molecular weight is 324 g/mol. The van der Waals surface area contributed by atoms with Crippen molar-refractivity contribution < 1.29 is 4.79 Å². The number of halogens is 2. The molecule has 0 saturated heterocycles. The zero-order chi connectivity index (χ0) is 15.4. The van der Waals surface area contributed by atoms with Crippen molar-refractivity contribution in [3.05, 3.63) is 52.5 Å². The second-order valence-electron chi connectivity index (χ2n) is 4.62. The standard InChI is InChI=1S/C15H15Cl2N3O/c1-20(2)14-6-4-3-5-13(14)19-15(21)18-10-7-8-11(16)12(17)9-10/h3-9H,1-2H3,(H2,18,19,21). The van der Waals surface area contributed by atoms with Gasteiger partial charge in [-0.05, 0) is 30.3 Å². The Morgan fingerprint density at radius 1 is 1.00 bits per heavy atom. The summed E-state index contributed by atoms with van der Waals surface area (Å²) < 4.78 is 0. The summed E-state index contributed by atoms with van der Waals surface area (Å²) in [6, 6.07) is 12.1. The third-order valence-electron chi connectivity index (χ3n) is 2.81. The van der Waals surface area contributed by atoms with Crippen molar-refractivity contribution in [2.75, 3.05) is 29.6 Å². The predicted octanol–water partition coefficient (Wildman–Crippen LogP) is 4.70. The predicted molar refractivity (Wildman–Crippen MR) is 89.9 cm³/mol. The minimum absolute atomic E-state index is 0.345. The van der Waals surface area contributed by atoms with E-state index in [9.17, 15) is 4.79 Å². The lowest BCUT2D eigenvalue weighted by Crippen LogP contribution is -2.21. The number of carbonyl (C=O) groups excluding carboxylic acids is 1. The molecule has 0 aliphatic carbocycles. The van der Waals surface area contributed by atoms with Gasteiger partial charge in [-0.25, -0.2) is 4.79 Å². The van der Waals surface area contributed by atoms with E-state index in [1.807, 2.05) is 43.3 Å². The minimum Gasteiger partial charge on any atom is -0.376 e. The highest BCUT2D eigenvalue weighted by Crippen LogP contribution is 2.26. The van der Waals surface area contributed by atoms with Crippen molar-refractivity contribution in [1.29, 1.82) is 0 Å². The molecule has 0 spiro atoms. The fourth-order valence-electron chi connectivity index (χ4n) is 1.83. The largest absolute Gasteiger partial charge is 0.376 e. The van der Waals surface area contributed by atoms with Crippen LogP contribution in [0.4, 0.5) is 21.9 Å². The number of hydrogen-bond acceptors (Lipinski definition) is 2. The van der Waals surface area contributed by atoms with Gasteiger partial charge in [0.25, 0.3) is 0 Å². The summed E-state index contributed by atoms with van der Waals surface area (Å²) >= 11 is 11.8. The Bertz CT molecular complexity index is 659. The number of hydrogen-bond donors (Lipinski definition) is 2. The van der Waals surface area contributed by atoms with Crippen LogP contribution in [0.15, 0.2) is 42.5 Å². The van der Waals surface area contributed by atoms with E-state index in [1.165, 1.54) is 0 Å². The van der Waals surface area contributed by atoms with E-state index in [4.69, 9.17) is 23.2 Å². The van der Waals surface area contributed by atoms with Gasteiger partial charge in [-0.1, -0.05) is 35.3 Å². The molecule has 2 rings (SSSR count). The summed E-state index contributed by atoms with van der Waals surface area (Å²) in [5, 5.41) is 6.36. The van der Waals surface area contributed by atoms with Gasteiger partial charge in [-0.15, -0.1) is 0 Å². The first-order valence-electron chi connectivity index (χ1n) is 6.27. The van der Waals surface area contributed by atoms with Gasteiger partial charge < -0.3 is 15.5 Å².